The lowest BCUT2D eigenvalue weighted by atomic mass is 9.88. The number of aliphatic hydroxyl groups is 1. The van der Waals surface area contributed by atoms with Crippen LogP contribution in [0, 0.1) is 5.92 Å². The number of carboxylic acid groups (broad SMARTS) is 1. The fourth-order valence-electron chi connectivity index (χ4n) is 4.96. The molecule has 2 atom stereocenters. The number of nitrogens with zero attached hydrogens (tertiary/aromatic N) is 2. The second-order valence-corrected chi connectivity index (χ2v) is 8.78. The van der Waals surface area contributed by atoms with Crippen LogP contribution in [0.3, 0.4) is 0 Å². The van der Waals surface area contributed by atoms with Crippen molar-refractivity contribution in [3.05, 3.63) is 51.8 Å². The summed E-state index contributed by atoms with van der Waals surface area (Å²) in [5.74, 6) is -0.578. The summed E-state index contributed by atoms with van der Waals surface area (Å²) in [4.78, 5) is 24.1. The number of rotatable bonds is 7. The normalized spacial score (nSPS) is 20.7. The molecule has 3 heterocycles. The predicted molar refractivity (Wildman–Crippen MR) is 115 cm³/mol. The maximum atomic E-state index is 12.5. The van der Waals surface area contributed by atoms with Gasteiger partial charge >= 0.3 is 5.97 Å². The Morgan fingerprint density at radius 2 is 2.03 bits per heavy atom. The number of aromatic nitrogens is 1. The SMILES string of the molecule is COCCCOc1ccc2c(c1)C1C(CO)CC(C)(C)N1n1cc(C(=O)O)c(=O)cc1-2. The summed E-state index contributed by atoms with van der Waals surface area (Å²) < 4.78 is 12.7. The highest BCUT2D eigenvalue weighted by Gasteiger charge is 2.50. The number of fused-ring (bicyclic) bond motifs is 6. The lowest BCUT2D eigenvalue weighted by Gasteiger charge is -2.45. The molecular formula is C23H28N2O6. The van der Waals surface area contributed by atoms with Crippen LogP contribution in [0.2, 0.25) is 0 Å². The van der Waals surface area contributed by atoms with Crippen LogP contribution in [-0.2, 0) is 4.74 Å². The molecule has 0 bridgehead atoms. The Bertz CT molecular complexity index is 1060. The summed E-state index contributed by atoms with van der Waals surface area (Å²) in [6.07, 6.45) is 2.90. The van der Waals surface area contributed by atoms with Gasteiger partial charge in [-0.05, 0) is 44.0 Å². The zero-order chi connectivity index (χ0) is 22.3. The fourth-order valence-corrected chi connectivity index (χ4v) is 4.96. The van der Waals surface area contributed by atoms with Gasteiger partial charge in [0.2, 0.25) is 0 Å². The minimum Gasteiger partial charge on any atom is -0.493 e. The minimum absolute atomic E-state index is 0.00425. The van der Waals surface area contributed by atoms with Gasteiger partial charge in [0.15, 0.2) is 5.43 Å². The molecule has 1 aromatic carbocycles. The first-order chi connectivity index (χ1) is 14.8. The third-order valence-corrected chi connectivity index (χ3v) is 6.20. The Labute approximate surface area is 180 Å². The number of hydrogen-bond donors (Lipinski definition) is 2. The van der Waals surface area contributed by atoms with Crippen LogP contribution in [0.5, 0.6) is 5.75 Å². The fraction of sp³-hybridized carbons (Fsp3) is 0.478. The summed E-state index contributed by atoms with van der Waals surface area (Å²) in [7, 11) is 1.65. The zero-order valence-electron chi connectivity index (χ0n) is 18.0. The molecule has 1 fully saturated rings. The van der Waals surface area contributed by atoms with Crippen LogP contribution >= 0.6 is 0 Å². The summed E-state index contributed by atoms with van der Waals surface area (Å²) in [5, 5.41) is 21.7. The molecule has 0 saturated carbocycles. The zero-order valence-corrected chi connectivity index (χ0v) is 18.0. The molecule has 8 heteroatoms. The predicted octanol–water partition coefficient (Wildman–Crippen LogP) is 2.41. The first kappa shape index (κ1) is 21.4. The number of aromatic carboxylic acids is 1. The minimum atomic E-state index is -1.25. The van der Waals surface area contributed by atoms with Crippen molar-refractivity contribution < 1.29 is 24.5 Å². The van der Waals surface area contributed by atoms with E-state index in [1.54, 1.807) is 11.8 Å². The maximum Gasteiger partial charge on any atom is 0.341 e. The Morgan fingerprint density at radius 3 is 2.71 bits per heavy atom. The number of methoxy groups -OCH3 is 1. The molecule has 2 aliphatic rings. The van der Waals surface area contributed by atoms with E-state index >= 15 is 0 Å². The number of ether oxygens (including phenoxy) is 2. The Morgan fingerprint density at radius 1 is 1.26 bits per heavy atom. The lowest BCUT2D eigenvalue weighted by molar-refractivity contribution is 0.0694. The second kappa shape index (κ2) is 8.01. The van der Waals surface area contributed by atoms with Gasteiger partial charge in [-0.3, -0.25) is 14.5 Å². The highest BCUT2D eigenvalue weighted by Crippen LogP contribution is 2.51. The highest BCUT2D eigenvalue weighted by molar-refractivity contribution is 5.88. The third kappa shape index (κ3) is 3.59. The van der Waals surface area contributed by atoms with Gasteiger partial charge in [-0.25, -0.2) is 4.79 Å². The van der Waals surface area contributed by atoms with Gasteiger partial charge in [-0.15, -0.1) is 0 Å². The third-order valence-electron chi connectivity index (χ3n) is 6.20. The molecular weight excluding hydrogens is 400 g/mol. The van der Waals surface area contributed by atoms with Crippen molar-refractivity contribution in [2.24, 2.45) is 5.92 Å². The Balaban J connectivity index is 1.87. The van der Waals surface area contributed by atoms with Crippen LogP contribution in [0.4, 0.5) is 0 Å². The highest BCUT2D eigenvalue weighted by atomic mass is 16.5. The number of benzene rings is 1. The van der Waals surface area contributed by atoms with E-state index in [0.29, 0.717) is 24.7 Å². The van der Waals surface area contributed by atoms with Crippen molar-refractivity contribution in [3.63, 3.8) is 0 Å². The van der Waals surface area contributed by atoms with Crippen molar-refractivity contribution in [3.8, 4) is 17.0 Å². The van der Waals surface area contributed by atoms with Gasteiger partial charge in [0.25, 0.3) is 0 Å². The van der Waals surface area contributed by atoms with E-state index in [1.807, 2.05) is 18.2 Å². The number of hydrogen-bond acceptors (Lipinski definition) is 6. The molecule has 0 spiro atoms. The number of aliphatic hydroxyl groups excluding tert-OH is 1. The molecule has 1 aromatic heterocycles. The average molecular weight is 428 g/mol. The van der Waals surface area contributed by atoms with Crippen molar-refractivity contribution in [1.82, 2.24) is 4.68 Å². The van der Waals surface area contributed by atoms with E-state index < -0.39 is 11.4 Å². The van der Waals surface area contributed by atoms with Gasteiger partial charge in [-0.2, -0.15) is 0 Å². The molecule has 2 aromatic rings. The van der Waals surface area contributed by atoms with Gasteiger partial charge in [0.05, 0.1) is 23.9 Å². The summed E-state index contributed by atoms with van der Waals surface area (Å²) in [5.41, 5.74) is 1.29. The molecule has 2 unspecified atom stereocenters. The van der Waals surface area contributed by atoms with E-state index in [4.69, 9.17) is 9.47 Å². The first-order valence-electron chi connectivity index (χ1n) is 10.4. The Kier molecular flexibility index (Phi) is 5.53. The van der Waals surface area contributed by atoms with E-state index in [0.717, 1.165) is 24.0 Å². The van der Waals surface area contributed by atoms with Crippen LogP contribution in [0.15, 0.2) is 35.3 Å². The van der Waals surface area contributed by atoms with Gasteiger partial charge in [-0.1, -0.05) is 0 Å². The number of carbonyl (C=O) groups is 1. The molecule has 0 amide bonds. The number of pyridine rings is 1. The van der Waals surface area contributed by atoms with Crippen molar-refractivity contribution in [2.45, 2.75) is 38.3 Å². The van der Waals surface area contributed by atoms with Gasteiger partial charge in [0.1, 0.15) is 11.3 Å². The Hall–Kier alpha value is -2.84. The van der Waals surface area contributed by atoms with Crippen molar-refractivity contribution >= 4 is 5.97 Å². The van der Waals surface area contributed by atoms with Crippen molar-refractivity contribution in [1.29, 1.82) is 0 Å². The van der Waals surface area contributed by atoms with Crippen LogP contribution in [-0.4, -0.2) is 53.3 Å². The average Bonchev–Trinajstić information content (AvgIpc) is 3.01. The van der Waals surface area contributed by atoms with Crippen LogP contribution in [0.1, 0.15) is 48.7 Å². The summed E-state index contributed by atoms with van der Waals surface area (Å²) in [6.45, 7) is 5.27. The largest absolute Gasteiger partial charge is 0.493 e. The van der Waals surface area contributed by atoms with E-state index in [-0.39, 0.29) is 29.7 Å². The molecule has 8 nitrogen and oxygen atoms in total. The molecule has 31 heavy (non-hydrogen) atoms. The second-order valence-electron chi connectivity index (χ2n) is 8.78. The molecule has 0 aliphatic carbocycles. The quantitative estimate of drug-likeness (QED) is 0.653. The van der Waals surface area contributed by atoms with Crippen LogP contribution < -0.4 is 15.2 Å². The summed E-state index contributed by atoms with van der Waals surface area (Å²) >= 11 is 0. The van der Waals surface area contributed by atoms with E-state index in [9.17, 15) is 19.8 Å². The molecule has 166 valence electrons. The molecule has 4 rings (SSSR count). The lowest BCUT2D eigenvalue weighted by Crippen LogP contribution is -2.50. The molecule has 2 aliphatic heterocycles. The standard InChI is InChI=1S/C23H28N2O6/c1-23(2)11-14(13-26)21-17-9-15(31-8-4-7-30-3)5-6-16(17)19-10-20(27)18(22(28)29)12-24(19)25(21)23/h5-6,9-10,12,14,21,26H,4,7-8,11,13H2,1-3H3,(H,28,29). The molecule has 2 N–H and O–H groups in total. The van der Waals surface area contributed by atoms with E-state index in [2.05, 4.69) is 18.9 Å². The smallest absolute Gasteiger partial charge is 0.341 e. The summed E-state index contributed by atoms with van der Waals surface area (Å²) in [6, 6.07) is 6.95. The topological polar surface area (TPSA) is 101 Å². The molecule has 0 radical (unpaired) electrons. The number of carboxylic acids is 1. The first-order valence-corrected chi connectivity index (χ1v) is 10.4. The van der Waals surface area contributed by atoms with Crippen molar-refractivity contribution in [2.75, 3.05) is 31.9 Å². The maximum absolute atomic E-state index is 12.5. The van der Waals surface area contributed by atoms with Crippen LogP contribution in [0.25, 0.3) is 11.3 Å². The molecule has 1 saturated heterocycles. The van der Waals surface area contributed by atoms with Gasteiger partial charge < -0.3 is 19.7 Å². The monoisotopic (exact) mass is 428 g/mol. The van der Waals surface area contributed by atoms with E-state index in [1.165, 1.54) is 12.3 Å². The van der Waals surface area contributed by atoms with Gasteiger partial charge in [0, 0.05) is 50.5 Å².